The zero-order valence-electron chi connectivity index (χ0n) is 15.7. The standard InChI is InChI=1S/C18H30N6S/c1-14-16-17(22(3)20-14)19-18(25-16)24-8-5-4-6-15(24)7-9-23-12-10-21(2)11-13-23/h15H,4-13H2,1-3H3/t15-/m0/s1. The molecule has 2 aliphatic heterocycles. The fraction of sp³-hybridized carbons (Fsp3) is 0.778. The number of fused-ring (bicyclic) bond motifs is 1. The van der Waals surface area contributed by atoms with Crippen LogP contribution in [0.25, 0.3) is 10.3 Å². The molecule has 25 heavy (non-hydrogen) atoms. The van der Waals surface area contributed by atoms with Gasteiger partial charge in [-0.1, -0.05) is 11.3 Å². The number of hydrogen-bond acceptors (Lipinski definition) is 6. The first-order valence-electron chi connectivity index (χ1n) is 9.59. The number of likely N-dealkylation sites (N-methyl/N-ethyl adjacent to an activating group) is 1. The number of aromatic nitrogens is 3. The van der Waals surface area contributed by atoms with Crippen molar-refractivity contribution >= 4 is 26.8 Å². The van der Waals surface area contributed by atoms with Crippen LogP contribution in [0.5, 0.6) is 0 Å². The van der Waals surface area contributed by atoms with E-state index in [1.165, 1.54) is 68.2 Å². The van der Waals surface area contributed by atoms with Crippen LogP contribution in [0.4, 0.5) is 5.13 Å². The molecule has 1 atom stereocenters. The summed E-state index contributed by atoms with van der Waals surface area (Å²) in [4.78, 5) is 12.6. The maximum atomic E-state index is 4.94. The average Bonchev–Trinajstić information content (AvgIpc) is 3.16. The van der Waals surface area contributed by atoms with E-state index in [1.807, 2.05) is 23.1 Å². The predicted molar refractivity (Wildman–Crippen MR) is 105 cm³/mol. The summed E-state index contributed by atoms with van der Waals surface area (Å²) >= 11 is 1.83. The number of aryl methyl sites for hydroxylation is 2. The van der Waals surface area contributed by atoms with Gasteiger partial charge in [-0.25, -0.2) is 9.67 Å². The Bertz CT molecular complexity index is 680. The Labute approximate surface area is 154 Å². The molecule has 0 radical (unpaired) electrons. The lowest BCUT2D eigenvalue weighted by Crippen LogP contribution is -2.47. The lowest BCUT2D eigenvalue weighted by atomic mass is 9.99. The van der Waals surface area contributed by atoms with Crippen LogP contribution in [-0.2, 0) is 7.05 Å². The second-order valence-corrected chi connectivity index (χ2v) is 8.61. The van der Waals surface area contributed by atoms with Crippen molar-refractivity contribution in [2.45, 2.75) is 38.6 Å². The zero-order valence-corrected chi connectivity index (χ0v) is 16.6. The number of thiazole rings is 1. The van der Waals surface area contributed by atoms with Gasteiger partial charge in [-0.05, 0) is 39.7 Å². The summed E-state index contributed by atoms with van der Waals surface area (Å²) in [6.45, 7) is 9.31. The lowest BCUT2D eigenvalue weighted by molar-refractivity contribution is 0.148. The van der Waals surface area contributed by atoms with E-state index in [9.17, 15) is 0 Å². The van der Waals surface area contributed by atoms with Crippen molar-refractivity contribution in [1.82, 2.24) is 24.6 Å². The molecule has 0 bridgehead atoms. The summed E-state index contributed by atoms with van der Waals surface area (Å²) in [6, 6.07) is 0.641. The van der Waals surface area contributed by atoms with Gasteiger partial charge in [0.05, 0.1) is 10.4 Å². The van der Waals surface area contributed by atoms with Crippen LogP contribution in [0.3, 0.4) is 0 Å². The Morgan fingerprint density at radius 2 is 1.88 bits per heavy atom. The van der Waals surface area contributed by atoms with E-state index in [-0.39, 0.29) is 0 Å². The minimum absolute atomic E-state index is 0.641. The van der Waals surface area contributed by atoms with E-state index in [0.29, 0.717) is 6.04 Å². The molecule has 2 aromatic rings. The van der Waals surface area contributed by atoms with Gasteiger partial charge in [0.25, 0.3) is 0 Å². The molecular formula is C18H30N6S. The molecule has 0 spiro atoms. The third kappa shape index (κ3) is 3.55. The Balaban J connectivity index is 1.45. The van der Waals surface area contributed by atoms with Crippen LogP contribution < -0.4 is 4.90 Å². The first-order valence-corrected chi connectivity index (χ1v) is 10.4. The molecule has 2 fully saturated rings. The summed E-state index contributed by atoms with van der Waals surface area (Å²) < 4.78 is 3.18. The Morgan fingerprint density at radius 3 is 2.64 bits per heavy atom. The van der Waals surface area contributed by atoms with Crippen molar-refractivity contribution in [2.24, 2.45) is 7.05 Å². The van der Waals surface area contributed by atoms with E-state index in [2.05, 4.69) is 33.8 Å². The number of nitrogens with zero attached hydrogens (tertiary/aromatic N) is 6. The Morgan fingerprint density at radius 1 is 1.08 bits per heavy atom. The van der Waals surface area contributed by atoms with E-state index in [4.69, 9.17) is 4.98 Å². The Hall–Kier alpha value is -1.18. The van der Waals surface area contributed by atoms with Gasteiger partial charge < -0.3 is 14.7 Å². The number of piperidine rings is 1. The molecule has 0 N–H and O–H groups in total. The second-order valence-electron chi connectivity index (χ2n) is 7.63. The zero-order chi connectivity index (χ0) is 17.4. The fourth-order valence-corrected chi connectivity index (χ4v) is 5.28. The summed E-state index contributed by atoms with van der Waals surface area (Å²) in [7, 11) is 4.23. The molecule has 0 aromatic carbocycles. The minimum Gasteiger partial charge on any atom is -0.345 e. The van der Waals surface area contributed by atoms with E-state index >= 15 is 0 Å². The van der Waals surface area contributed by atoms with Crippen molar-refractivity contribution in [2.75, 3.05) is 51.2 Å². The van der Waals surface area contributed by atoms with Crippen molar-refractivity contribution in [3.05, 3.63) is 5.69 Å². The van der Waals surface area contributed by atoms with Crippen molar-refractivity contribution in [1.29, 1.82) is 0 Å². The average molecular weight is 363 g/mol. The molecule has 2 aliphatic rings. The van der Waals surface area contributed by atoms with E-state index < -0.39 is 0 Å². The SMILES string of the molecule is Cc1nn(C)c2nc(N3CCCC[C@H]3CCN3CCN(C)CC3)sc12. The molecule has 6 nitrogen and oxygen atoms in total. The van der Waals surface area contributed by atoms with Crippen molar-refractivity contribution < 1.29 is 0 Å². The quantitative estimate of drug-likeness (QED) is 0.835. The molecule has 138 valence electrons. The monoisotopic (exact) mass is 362 g/mol. The number of anilines is 1. The third-order valence-corrected chi connectivity index (χ3v) is 6.97. The highest BCUT2D eigenvalue weighted by atomic mass is 32.1. The van der Waals surface area contributed by atoms with Crippen LogP contribution in [0, 0.1) is 6.92 Å². The topological polar surface area (TPSA) is 40.4 Å². The fourth-order valence-electron chi connectivity index (χ4n) is 4.15. The number of rotatable bonds is 4. The van der Waals surface area contributed by atoms with E-state index in [0.717, 1.165) is 17.9 Å². The van der Waals surface area contributed by atoms with E-state index in [1.54, 1.807) is 0 Å². The molecule has 2 aromatic heterocycles. The van der Waals surface area contributed by atoms with Crippen LogP contribution in [0.2, 0.25) is 0 Å². The highest BCUT2D eigenvalue weighted by molar-refractivity contribution is 7.22. The highest BCUT2D eigenvalue weighted by Gasteiger charge is 2.27. The maximum absolute atomic E-state index is 4.94. The van der Waals surface area contributed by atoms with Crippen LogP contribution in [0.1, 0.15) is 31.4 Å². The molecule has 0 amide bonds. The van der Waals surface area contributed by atoms with Crippen LogP contribution in [-0.4, -0.2) is 76.9 Å². The molecule has 7 heteroatoms. The molecule has 2 saturated heterocycles. The van der Waals surface area contributed by atoms with Crippen molar-refractivity contribution in [3.8, 4) is 0 Å². The molecule has 0 aliphatic carbocycles. The third-order valence-electron chi connectivity index (χ3n) is 5.78. The smallest absolute Gasteiger partial charge is 0.188 e. The first kappa shape index (κ1) is 17.2. The summed E-state index contributed by atoms with van der Waals surface area (Å²) in [6.07, 6.45) is 5.21. The van der Waals surface area contributed by atoms with Gasteiger partial charge in [0, 0.05) is 52.4 Å². The summed E-state index contributed by atoms with van der Waals surface area (Å²) in [5, 5.41) is 5.70. The highest BCUT2D eigenvalue weighted by Crippen LogP contribution is 2.34. The maximum Gasteiger partial charge on any atom is 0.188 e. The van der Waals surface area contributed by atoms with Gasteiger partial charge in [0.15, 0.2) is 10.8 Å². The Kier molecular flexibility index (Phi) is 4.97. The number of piperazine rings is 1. The molecule has 0 unspecified atom stereocenters. The molecule has 4 rings (SSSR count). The van der Waals surface area contributed by atoms with Gasteiger partial charge in [-0.2, -0.15) is 5.10 Å². The first-order chi connectivity index (χ1) is 12.1. The summed E-state index contributed by atoms with van der Waals surface area (Å²) in [5.74, 6) is 0. The van der Waals surface area contributed by atoms with Gasteiger partial charge >= 0.3 is 0 Å². The van der Waals surface area contributed by atoms with Gasteiger partial charge in [-0.3, -0.25) is 0 Å². The minimum atomic E-state index is 0.641. The second kappa shape index (κ2) is 7.21. The van der Waals surface area contributed by atoms with Crippen LogP contribution in [0.15, 0.2) is 0 Å². The van der Waals surface area contributed by atoms with Crippen molar-refractivity contribution in [3.63, 3.8) is 0 Å². The molecule has 4 heterocycles. The lowest BCUT2D eigenvalue weighted by Gasteiger charge is -2.38. The van der Waals surface area contributed by atoms with Crippen LogP contribution >= 0.6 is 11.3 Å². The summed E-state index contributed by atoms with van der Waals surface area (Å²) in [5.41, 5.74) is 2.15. The number of hydrogen-bond donors (Lipinski definition) is 0. The van der Waals surface area contributed by atoms with Gasteiger partial charge in [0.1, 0.15) is 0 Å². The van der Waals surface area contributed by atoms with Gasteiger partial charge in [0.2, 0.25) is 0 Å². The normalized spacial score (nSPS) is 23.6. The van der Waals surface area contributed by atoms with Gasteiger partial charge in [-0.15, -0.1) is 0 Å². The predicted octanol–water partition coefficient (Wildman–Crippen LogP) is 2.33. The largest absolute Gasteiger partial charge is 0.345 e. The molecular weight excluding hydrogens is 332 g/mol. The molecule has 0 saturated carbocycles.